The first-order chi connectivity index (χ1) is 22.8. The van der Waals surface area contributed by atoms with Crippen molar-refractivity contribution in [2.24, 2.45) is 11.8 Å². The molecule has 0 unspecified atom stereocenters. The quantitative estimate of drug-likeness (QED) is 0.142. The molecule has 3 rings (SSSR count). The summed E-state index contributed by atoms with van der Waals surface area (Å²) in [4.78, 5) is 40.1. The third-order valence-electron chi connectivity index (χ3n) is 7.02. The minimum atomic E-state index is -4.18. The third-order valence-corrected chi connectivity index (χ3v) is 7.94. The van der Waals surface area contributed by atoms with E-state index in [2.05, 4.69) is 16.0 Å². The third kappa shape index (κ3) is 13.9. The normalized spacial score (nSPS) is 13.5. The number of rotatable bonds is 17. The molecular weight excluding hydrogens is 634 g/mol. The van der Waals surface area contributed by atoms with E-state index in [9.17, 15) is 27.9 Å². The van der Waals surface area contributed by atoms with E-state index >= 15 is 0 Å². The lowest BCUT2D eigenvalue weighted by atomic mass is 9.99. The van der Waals surface area contributed by atoms with Crippen molar-refractivity contribution in [1.82, 2.24) is 16.0 Å². The van der Waals surface area contributed by atoms with Crippen LogP contribution in [0.5, 0.6) is 11.5 Å². The molecule has 11 nitrogen and oxygen atoms in total. The lowest BCUT2D eigenvalue weighted by molar-refractivity contribution is -0.130. The molecule has 0 aliphatic heterocycles. The smallest absolute Gasteiger partial charge is 0.408 e. The van der Waals surface area contributed by atoms with Gasteiger partial charge in [0.1, 0.15) is 30.2 Å². The lowest BCUT2D eigenvalue weighted by Crippen LogP contribution is -2.55. The second-order valence-corrected chi connectivity index (χ2v) is 13.7. The number of amides is 3. The van der Waals surface area contributed by atoms with Gasteiger partial charge in [-0.1, -0.05) is 88.4 Å². The zero-order valence-corrected chi connectivity index (χ0v) is 28.5. The van der Waals surface area contributed by atoms with Crippen molar-refractivity contribution in [3.05, 3.63) is 108 Å². The Hall–Kier alpha value is -4.84. The molecule has 258 valence electrons. The summed E-state index contributed by atoms with van der Waals surface area (Å²) in [5.41, 5.74) is 1.58. The summed E-state index contributed by atoms with van der Waals surface area (Å²) in [5.74, 6) is -1.00. The Bertz CT molecular complexity index is 1600. The molecule has 48 heavy (non-hydrogen) atoms. The van der Waals surface area contributed by atoms with Crippen molar-refractivity contribution in [2.45, 2.75) is 71.7 Å². The van der Waals surface area contributed by atoms with Crippen molar-refractivity contribution in [3.8, 4) is 11.5 Å². The van der Waals surface area contributed by atoms with Crippen LogP contribution in [0.25, 0.3) is 0 Å². The van der Waals surface area contributed by atoms with Crippen molar-refractivity contribution in [3.63, 3.8) is 0 Å². The molecule has 0 heterocycles. The predicted octanol–water partition coefficient (Wildman–Crippen LogP) is 5.21. The fourth-order valence-corrected chi connectivity index (χ4v) is 5.59. The Kier molecular flexibility index (Phi) is 14.5. The standard InChI is InChI=1S/C36H45N3O8S/c1-25(2)21-29(19-20-48(44,45)47-31-17-15-30(40)16-18-31)37-34(41)32(22-26(3)4)38-35(42)33(23-27-11-7-5-8-12-27)39-36(43)46-24-28-13-9-6-10-14-28/h5-20,25-26,29,32-33,40H,21-24H2,1-4H3,(H,37,41)(H,38,42)(H,39,43)/b20-19+/t29-,32+,33+/m1/s1. The predicted molar refractivity (Wildman–Crippen MR) is 183 cm³/mol. The van der Waals surface area contributed by atoms with Gasteiger partial charge in [-0.25, -0.2) is 4.79 Å². The first-order valence-corrected chi connectivity index (χ1v) is 17.3. The van der Waals surface area contributed by atoms with Crippen LogP contribution in [0.15, 0.2) is 96.4 Å². The number of phenols is 1. The van der Waals surface area contributed by atoms with Gasteiger partial charge in [0.2, 0.25) is 11.8 Å². The molecular formula is C36H45N3O8S. The molecule has 3 amide bonds. The first-order valence-electron chi connectivity index (χ1n) is 15.8. The average Bonchev–Trinajstić information content (AvgIpc) is 3.03. The molecule has 0 spiro atoms. The summed E-state index contributed by atoms with van der Waals surface area (Å²) in [7, 11) is -4.18. The van der Waals surface area contributed by atoms with Crippen LogP contribution in [0.4, 0.5) is 4.79 Å². The van der Waals surface area contributed by atoms with E-state index in [4.69, 9.17) is 8.92 Å². The van der Waals surface area contributed by atoms with Crippen LogP contribution in [0, 0.1) is 11.8 Å². The largest absolute Gasteiger partial charge is 0.508 e. The molecule has 0 aromatic heterocycles. The summed E-state index contributed by atoms with van der Waals surface area (Å²) in [6, 6.07) is 20.8. The van der Waals surface area contributed by atoms with Gasteiger partial charge in [-0.05, 0) is 66.1 Å². The number of nitrogens with one attached hydrogen (secondary N) is 3. The van der Waals surface area contributed by atoms with Gasteiger partial charge in [0.15, 0.2) is 0 Å². The van der Waals surface area contributed by atoms with Crippen molar-refractivity contribution in [1.29, 1.82) is 0 Å². The van der Waals surface area contributed by atoms with Crippen LogP contribution in [0.3, 0.4) is 0 Å². The van der Waals surface area contributed by atoms with E-state index in [0.717, 1.165) is 16.5 Å². The number of phenolic OH excluding ortho intramolecular Hbond substituents is 1. The van der Waals surface area contributed by atoms with Gasteiger partial charge in [-0.2, -0.15) is 8.42 Å². The maximum Gasteiger partial charge on any atom is 0.408 e. The van der Waals surface area contributed by atoms with Crippen molar-refractivity contribution >= 4 is 28.0 Å². The Morgan fingerprint density at radius 1 is 0.729 bits per heavy atom. The Labute approximate surface area is 282 Å². The fraction of sp³-hybridized carbons (Fsp3) is 0.361. The molecule has 4 N–H and O–H groups in total. The Morgan fingerprint density at radius 2 is 1.29 bits per heavy atom. The Morgan fingerprint density at radius 3 is 1.88 bits per heavy atom. The maximum atomic E-state index is 13.7. The van der Waals surface area contributed by atoms with E-state index in [1.807, 2.05) is 88.4 Å². The molecule has 12 heteroatoms. The molecule has 0 aliphatic rings. The minimum Gasteiger partial charge on any atom is -0.508 e. The highest BCUT2D eigenvalue weighted by Gasteiger charge is 2.29. The molecule has 0 bridgehead atoms. The van der Waals surface area contributed by atoms with E-state index < -0.39 is 46.2 Å². The topological polar surface area (TPSA) is 160 Å². The van der Waals surface area contributed by atoms with E-state index in [1.54, 1.807) is 0 Å². The highest BCUT2D eigenvalue weighted by molar-refractivity contribution is 7.90. The van der Waals surface area contributed by atoms with Gasteiger partial charge in [-0.15, -0.1) is 0 Å². The van der Waals surface area contributed by atoms with Gasteiger partial charge >= 0.3 is 16.2 Å². The highest BCUT2D eigenvalue weighted by Crippen LogP contribution is 2.19. The number of carbonyl (C=O) groups is 3. The lowest BCUT2D eigenvalue weighted by Gasteiger charge is -2.26. The number of carbonyl (C=O) groups excluding carboxylic acids is 3. The summed E-state index contributed by atoms with van der Waals surface area (Å²) < 4.78 is 35.7. The van der Waals surface area contributed by atoms with Crippen LogP contribution in [-0.4, -0.2) is 49.6 Å². The molecule has 0 radical (unpaired) electrons. The van der Waals surface area contributed by atoms with Gasteiger partial charge in [-0.3, -0.25) is 9.59 Å². The van der Waals surface area contributed by atoms with Gasteiger partial charge in [0.25, 0.3) is 0 Å². The minimum absolute atomic E-state index is 0.00981. The number of ether oxygens (including phenoxy) is 1. The van der Waals surface area contributed by atoms with Gasteiger partial charge in [0, 0.05) is 12.5 Å². The van der Waals surface area contributed by atoms with Crippen molar-refractivity contribution < 1.29 is 36.8 Å². The van der Waals surface area contributed by atoms with Crippen LogP contribution in [0.2, 0.25) is 0 Å². The van der Waals surface area contributed by atoms with E-state index in [0.29, 0.717) is 6.42 Å². The van der Waals surface area contributed by atoms with Crippen molar-refractivity contribution in [2.75, 3.05) is 0 Å². The average molecular weight is 680 g/mol. The number of hydrogen-bond donors (Lipinski definition) is 4. The number of aromatic hydroxyl groups is 1. The fourth-order valence-electron chi connectivity index (χ4n) is 4.77. The molecule has 0 saturated heterocycles. The zero-order valence-electron chi connectivity index (χ0n) is 27.7. The molecule has 3 atom stereocenters. The van der Waals surface area contributed by atoms with Crippen LogP contribution >= 0.6 is 0 Å². The van der Waals surface area contributed by atoms with Gasteiger partial charge in [0.05, 0.1) is 5.41 Å². The number of benzene rings is 3. The SMILES string of the molecule is CC(C)C[C@@H](/C=C/S(=O)(=O)Oc1ccc(O)cc1)NC(=O)[C@H](CC(C)C)NC(=O)[C@H](Cc1ccccc1)NC(=O)OCc1ccccc1. The molecule has 0 fully saturated rings. The first kappa shape index (κ1) is 37.6. The van der Waals surface area contributed by atoms with Crippen LogP contribution in [-0.2, 0) is 37.5 Å². The summed E-state index contributed by atoms with van der Waals surface area (Å²) in [6.07, 6.45) is 1.40. The van der Waals surface area contributed by atoms with Gasteiger partial charge < -0.3 is 30.0 Å². The number of hydrogen-bond acceptors (Lipinski definition) is 8. The zero-order chi connectivity index (χ0) is 35.1. The number of alkyl carbamates (subject to hydrolysis) is 1. The Balaban J connectivity index is 1.74. The monoisotopic (exact) mass is 679 g/mol. The van der Waals surface area contributed by atoms with Crippen LogP contribution in [0.1, 0.15) is 51.7 Å². The maximum absolute atomic E-state index is 13.7. The van der Waals surface area contributed by atoms with Crippen LogP contribution < -0.4 is 20.1 Å². The molecule has 0 aliphatic carbocycles. The molecule has 3 aromatic rings. The van der Waals surface area contributed by atoms with E-state index in [-0.39, 0.29) is 42.8 Å². The highest BCUT2D eigenvalue weighted by atomic mass is 32.2. The summed E-state index contributed by atoms with van der Waals surface area (Å²) in [6.45, 7) is 7.69. The van der Waals surface area contributed by atoms with E-state index in [1.165, 1.54) is 30.3 Å². The second kappa shape index (κ2) is 18.5. The second-order valence-electron chi connectivity index (χ2n) is 12.3. The summed E-state index contributed by atoms with van der Waals surface area (Å²) in [5, 5.41) is 18.6. The molecule has 3 aromatic carbocycles. The summed E-state index contributed by atoms with van der Waals surface area (Å²) >= 11 is 0. The molecule has 0 saturated carbocycles.